The van der Waals surface area contributed by atoms with Gasteiger partial charge in [-0.15, -0.1) is 0 Å². The Balaban J connectivity index is 1.66. The van der Waals surface area contributed by atoms with Crippen LogP contribution in [0, 0.1) is 0 Å². The number of guanidine groups is 1. The molecule has 0 saturated carbocycles. The van der Waals surface area contributed by atoms with Crippen LogP contribution >= 0.6 is 0 Å². The van der Waals surface area contributed by atoms with Gasteiger partial charge in [0.2, 0.25) is 0 Å². The first-order valence-corrected chi connectivity index (χ1v) is 9.20. The van der Waals surface area contributed by atoms with Gasteiger partial charge in [-0.3, -0.25) is 0 Å². The number of anilines is 1. The van der Waals surface area contributed by atoms with Crippen LogP contribution in [-0.2, 0) is 6.54 Å². The zero-order valence-corrected chi connectivity index (χ0v) is 15.6. The molecule has 0 bridgehead atoms. The Morgan fingerprint density at radius 3 is 2.67 bits per heavy atom. The SMILES string of the molecule is CC/C(=C\C=C1/CCN(Cc2cccc(N)c2)C(N)=N1)Oc1ccccc1. The number of nitrogen functional groups attached to an aromatic ring is 1. The molecule has 0 unspecified atom stereocenters. The molecular formula is C22H26N4O. The molecule has 27 heavy (non-hydrogen) atoms. The van der Waals surface area contributed by atoms with Gasteiger partial charge in [-0.1, -0.05) is 37.3 Å². The summed E-state index contributed by atoms with van der Waals surface area (Å²) in [5.41, 5.74) is 14.9. The van der Waals surface area contributed by atoms with Crippen LogP contribution in [0.2, 0.25) is 0 Å². The van der Waals surface area contributed by atoms with Crippen molar-refractivity contribution in [3.63, 3.8) is 0 Å². The number of hydrogen-bond acceptors (Lipinski definition) is 5. The second kappa shape index (κ2) is 8.94. The normalized spacial score (nSPS) is 16.3. The lowest BCUT2D eigenvalue weighted by Crippen LogP contribution is -2.40. The van der Waals surface area contributed by atoms with Crippen LogP contribution in [0.25, 0.3) is 0 Å². The zero-order chi connectivity index (χ0) is 19.1. The van der Waals surface area contributed by atoms with Crippen molar-refractivity contribution in [3.05, 3.63) is 83.8 Å². The number of aliphatic imine (C=N–C) groups is 1. The maximum absolute atomic E-state index is 6.17. The van der Waals surface area contributed by atoms with E-state index in [0.29, 0.717) is 12.5 Å². The smallest absolute Gasteiger partial charge is 0.196 e. The fraction of sp³-hybridized carbons (Fsp3) is 0.227. The third kappa shape index (κ3) is 5.38. The number of rotatable bonds is 6. The maximum atomic E-state index is 6.17. The Bertz CT molecular complexity index is 856. The molecule has 4 N–H and O–H groups in total. The lowest BCUT2D eigenvalue weighted by atomic mass is 10.1. The second-order valence-corrected chi connectivity index (χ2v) is 6.45. The van der Waals surface area contributed by atoms with Crippen LogP contribution in [0.15, 0.2) is 83.2 Å². The third-order valence-electron chi connectivity index (χ3n) is 4.35. The van der Waals surface area contributed by atoms with Gasteiger partial charge in [-0.05, 0) is 42.0 Å². The van der Waals surface area contributed by atoms with Gasteiger partial charge in [0.05, 0.1) is 0 Å². The van der Waals surface area contributed by atoms with Crippen LogP contribution in [0.5, 0.6) is 5.75 Å². The summed E-state index contributed by atoms with van der Waals surface area (Å²) >= 11 is 0. The number of ether oxygens (including phenoxy) is 1. The van der Waals surface area contributed by atoms with E-state index in [0.717, 1.165) is 47.8 Å². The van der Waals surface area contributed by atoms with Crippen LogP contribution in [0.4, 0.5) is 5.69 Å². The van der Waals surface area contributed by atoms with Gasteiger partial charge in [0, 0.05) is 37.3 Å². The van der Waals surface area contributed by atoms with Crippen LogP contribution in [-0.4, -0.2) is 17.4 Å². The lowest BCUT2D eigenvalue weighted by molar-refractivity contribution is 0.397. The molecule has 0 fully saturated rings. The highest BCUT2D eigenvalue weighted by Gasteiger charge is 2.15. The van der Waals surface area contributed by atoms with E-state index >= 15 is 0 Å². The van der Waals surface area contributed by atoms with E-state index in [1.807, 2.05) is 66.7 Å². The molecule has 0 radical (unpaired) electrons. The van der Waals surface area contributed by atoms with Crippen LogP contribution < -0.4 is 16.2 Å². The summed E-state index contributed by atoms with van der Waals surface area (Å²) < 4.78 is 5.91. The van der Waals surface area contributed by atoms with E-state index in [1.165, 1.54) is 0 Å². The van der Waals surface area contributed by atoms with E-state index in [4.69, 9.17) is 16.2 Å². The average molecular weight is 362 g/mol. The standard InChI is InChI=1S/C22H26N4O/c1-2-20(27-21-9-4-3-5-10-21)12-11-19-13-14-26(22(24)25-19)16-17-7-6-8-18(23)15-17/h3-12,15H,2,13-14,16,23H2,1H3,(H2,24,25)/b19-11+,20-12+. The molecule has 3 rings (SSSR count). The Kier molecular flexibility index (Phi) is 6.15. The van der Waals surface area contributed by atoms with Crippen molar-refractivity contribution >= 4 is 11.6 Å². The Labute approximate surface area is 160 Å². The van der Waals surface area contributed by atoms with Gasteiger partial charge >= 0.3 is 0 Å². The van der Waals surface area contributed by atoms with Gasteiger partial charge in [0.15, 0.2) is 5.96 Å². The van der Waals surface area contributed by atoms with E-state index in [2.05, 4.69) is 16.8 Å². The minimum Gasteiger partial charge on any atom is -0.462 e. The topological polar surface area (TPSA) is 76.9 Å². The maximum Gasteiger partial charge on any atom is 0.196 e. The molecule has 1 heterocycles. The molecule has 2 aromatic rings. The summed E-state index contributed by atoms with van der Waals surface area (Å²) in [6.07, 6.45) is 5.61. The highest BCUT2D eigenvalue weighted by molar-refractivity contribution is 5.80. The van der Waals surface area contributed by atoms with Gasteiger partial charge in [-0.25, -0.2) is 4.99 Å². The van der Waals surface area contributed by atoms with E-state index in [-0.39, 0.29) is 0 Å². The van der Waals surface area contributed by atoms with Gasteiger partial charge in [0.25, 0.3) is 0 Å². The number of benzene rings is 2. The van der Waals surface area contributed by atoms with Crippen molar-refractivity contribution in [2.45, 2.75) is 26.3 Å². The molecule has 5 heteroatoms. The molecule has 1 aliphatic rings. The largest absolute Gasteiger partial charge is 0.462 e. The number of allylic oxidation sites excluding steroid dienone is 3. The zero-order valence-electron chi connectivity index (χ0n) is 15.6. The number of para-hydroxylation sites is 1. The summed E-state index contributed by atoms with van der Waals surface area (Å²) in [5, 5.41) is 0. The predicted octanol–water partition coefficient (Wildman–Crippen LogP) is 4.05. The summed E-state index contributed by atoms with van der Waals surface area (Å²) in [4.78, 5) is 6.61. The number of hydrogen-bond donors (Lipinski definition) is 2. The molecule has 1 aliphatic heterocycles. The summed E-state index contributed by atoms with van der Waals surface area (Å²) in [6.45, 7) is 3.60. The van der Waals surface area contributed by atoms with Crippen molar-refractivity contribution in [1.82, 2.24) is 4.90 Å². The Hall–Kier alpha value is -3.21. The van der Waals surface area contributed by atoms with Crippen LogP contribution in [0.3, 0.4) is 0 Å². The average Bonchev–Trinajstić information content (AvgIpc) is 2.68. The summed E-state index contributed by atoms with van der Waals surface area (Å²) in [6, 6.07) is 17.6. The highest BCUT2D eigenvalue weighted by Crippen LogP contribution is 2.18. The first-order valence-electron chi connectivity index (χ1n) is 9.20. The first kappa shape index (κ1) is 18.6. The molecule has 0 spiro atoms. The predicted molar refractivity (Wildman–Crippen MR) is 111 cm³/mol. The van der Waals surface area contributed by atoms with E-state index in [9.17, 15) is 0 Å². The highest BCUT2D eigenvalue weighted by atomic mass is 16.5. The monoisotopic (exact) mass is 362 g/mol. The van der Waals surface area contributed by atoms with E-state index in [1.54, 1.807) is 0 Å². The van der Waals surface area contributed by atoms with Crippen molar-refractivity contribution < 1.29 is 4.74 Å². The van der Waals surface area contributed by atoms with Gasteiger partial charge < -0.3 is 21.1 Å². The number of nitrogens with two attached hydrogens (primary N) is 2. The van der Waals surface area contributed by atoms with Crippen molar-refractivity contribution in [2.75, 3.05) is 12.3 Å². The lowest BCUT2D eigenvalue weighted by Gasteiger charge is -2.27. The molecule has 0 aromatic heterocycles. The molecule has 140 valence electrons. The Morgan fingerprint density at radius 1 is 1.15 bits per heavy atom. The molecule has 0 atom stereocenters. The quantitative estimate of drug-likeness (QED) is 0.600. The fourth-order valence-electron chi connectivity index (χ4n) is 2.88. The minimum absolute atomic E-state index is 0.533. The Morgan fingerprint density at radius 2 is 1.96 bits per heavy atom. The summed E-state index contributed by atoms with van der Waals surface area (Å²) in [5.74, 6) is 2.26. The van der Waals surface area contributed by atoms with E-state index < -0.39 is 0 Å². The summed E-state index contributed by atoms with van der Waals surface area (Å²) in [7, 11) is 0. The molecule has 0 saturated heterocycles. The van der Waals surface area contributed by atoms with Crippen molar-refractivity contribution in [2.24, 2.45) is 10.7 Å². The molecular weight excluding hydrogens is 336 g/mol. The molecule has 0 amide bonds. The van der Waals surface area contributed by atoms with Gasteiger partial charge in [0.1, 0.15) is 11.5 Å². The third-order valence-corrected chi connectivity index (χ3v) is 4.35. The van der Waals surface area contributed by atoms with Crippen LogP contribution in [0.1, 0.15) is 25.3 Å². The molecule has 5 nitrogen and oxygen atoms in total. The molecule has 0 aliphatic carbocycles. The van der Waals surface area contributed by atoms with Crippen molar-refractivity contribution in [1.29, 1.82) is 0 Å². The van der Waals surface area contributed by atoms with Crippen molar-refractivity contribution in [3.8, 4) is 5.75 Å². The number of nitrogens with zero attached hydrogens (tertiary/aromatic N) is 2. The first-order chi connectivity index (χ1) is 13.1. The fourth-order valence-corrected chi connectivity index (χ4v) is 2.88. The minimum atomic E-state index is 0.533. The molecule has 2 aromatic carbocycles. The second-order valence-electron chi connectivity index (χ2n) is 6.45. The van der Waals surface area contributed by atoms with Gasteiger partial charge in [-0.2, -0.15) is 0 Å².